The molecule has 0 bridgehead atoms. The number of rotatable bonds is 4. The molecule has 7 heteroatoms. The highest BCUT2D eigenvalue weighted by molar-refractivity contribution is 6.06. The van der Waals surface area contributed by atoms with Gasteiger partial charge in [0.05, 0.1) is 17.2 Å². The zero-order valence-corrected chi connectivity index (χ0v) is 17.3. The first-order chi connectivity index (χ1) is 15.7. The number of fused-ring (bicyclic) bond motifs is 4. The number of imidazole rings is 1. The molecule has 6 nitrogen and oxygen atoms in total. The van der Waals surface area contributed by atoms with Gasteiger partial charge >= 0.3 is 0 Å². The first kappa shape index (κ1) is 18.7. The zero-order chi connectivity index (χ0) is 21.7. The molecule has 0 saturated heterocycles. The summed E-state index contributed by atoms with van der Waals surface area (Å²) in [6, 6.07) is 18.7. The second-order valence-electron chi connectivity index (χ2n) is 8.11. The van der Waals surface area contributed by atoms with Crippen LogP contribution in [0.3, 0.4) is 0 Å². The minimum Gasteiger partial charge on any atom is -0.328 e. The zero-order valence-electron chi connectivity index (χ0n) is 17.3. The number of nitrogens with zero attached hydrogens (tertiary/aromatic N) is 4. The lowest BCUT2D eigenvalue weighted by atomic mass is 10.2. The van der Waals surface area contributed by atoms with Crippen molar-refractivity contribution in [1.29, 1.82) is 0 Å². The van der Waals surface area contributed by atoms with E-state index in [1.54, 1.807) is 6.07 Å². The summed E-state index contributed by atoms with van der Waals surface area (Å²) < 4.78 is 17.8. The third kappa shape index (κ3) is 3.13. The molecule has 0 aliphatic carbocycles. The van der Waals surface area contributed by atoms with Crippen molar-refractivity contribution in [3.05, 3.63) is 89.8 Å². The first-order valence-electron chi connectivity index (χ1n) is 10.6. The van der Waals surface area contributed by atoms with Gasteiger partial charge in [-0.1, -0.05) is 30.3 Å². The van der Waals surface area contributed by atoms with E-state index in [-0.39, 0.29) is 5.91 Å². The maximum atomic E-state index is 13.8. The van der Waals surface area contributed by atoms with Crippen LogP contribution in [0.4, 0.5) is 10.1 Å². The predicted molar refractivity (Wildman–Crippen MR) is 121 cm³/mol. The molecule has 3 aromatic heterocycles. The van der Waals surface area contributed by atoms with Crippen LogP contribution in [0.25, 0.3) is 22.1 Å². The number of nitrogens with one attached hydrogen (secondary N) is 1. The number of hydrogen-bond acceptors (Lipinski definition) is 3. The highest BCUT2D eigenvalue weighted by Crippen LogP contribution is 2.26. The van der Waals surface area contributed by atoms with Crippen molar-refractivity contribution < 1.29 is 9.18 Å². The number of carbonyl (C=O) groups excluding carboxylic acids is 1. The van der Waals surface area contributed by atoms with Crippen molar-refractivity contribution in [3.63, 3.8) is 0 Å². The van der Waals surface area contributed by atoms with Gasteiger partial charge in [-0.05, 0) is 42.3 Å². The Balaban J connectivity index is 1.37. The first-order valence-corrected chi connectivity index (χ1v) is 10.6. The van der Waals surface area contributed by atoms with Gasteiger partial charge in [0, 0.05) is 30.6 Å². The molecule has 1 aliphatic rings. The number of aryl methyl sites for hydroxylation is 2. The van der Waals surface area contributed by atoms with E-state index in [0.717, 1.165) is 41.8 Å². The van der Waals surface area contributed by atoms with Gasteiger partial charge in [-0.2, -0.15) is 0 Å². The molecule has 0 fully saturated rings. The standard InChI is InChI=1S/C25H20FN5O/c26-18-11-17-12-22(31(24(17)27-14-18)15-16-5-2-1-3-6-16)25(32)28-19-8-9-21-20(13-19)29-23-7-4-10-30(21)23/h1-3,5-6,8-9,11-14H,4,7,10,15H2,(H,28,32). The summed E-state index contributed by atoms with van der Waals surface area (Å²) in [7, 11) is 0. The van der Waals surface area contributed by atoms with E-state index in [4.69, 9.17) is 4.98 Å². The lowest BCUT2D eigenvalue weighted by molar-refractivity contribution is 0.101. The molecule has 1 N–H and O–H groups in total. The molecule has 1 aliphatic heterocycles. The van der Waals surface area contributed by atoms with E-state index < -0.39 is 5.82 Å². The molecule has 0 saturated carbocycles. The molecule has 4 heterocycles. The third-order valence-corrected chi connectivity index (χ3v) is 5.98. The van der Waals surface area contributed by atoms with E-state index >= 15 is 0 Å². The van der Waals surface area contributed by atoms with E-state index in [1.807, 2.05) is 53.1 Å². The summed E-state index contributed by atoms with van der Waals surface area (Å²) in [6.45, 7) is 1.44. The van der Waals surface area contributed by atoms with Crippen LogP contribution in [0.2, 0.25) is 0 Å². The van der Waals surface area contributed by atoms with Crippen LogP contribution in [0, 0.1) is 5.82 Å². The van der Waals surface area contributed by atoms with Crippen LogP contribution >= 0.6 is 0 Å². The second kappa shape index (κ2) is 7.30. The van der Waals surface area contributed by atoms with Crippen LogP contribution in [0.15, 0.2) is 66.9 Å². The molecule has 0 radical (unpaired) electrons. The van der Waals surface area contributed by atoms with Gasteiger partial charge in [0.15, 0.2) is 0 Å². The quantitative estimate of drug-likeness (QED) is 0.451. The Hall–Kier alpha value is -4.00. The predicted octanol–water partition coefficient (Wildman–Crippen LogP) is 4.77. The fourth-order valence-corrected chi connectivity index (χ4v) is 4.52. The van der Waals surface area contributed by atoms with Crippen LogP contribution in [-0.2, 0) is 19.5 Å². The number of anilines is 1. The van der Waals surface area contributed by atoms with E-state index in [1.165, 1.54) is 12.3 Å². The molecular formula is C25H20FN5O. The lowest BCUT2D eigenvalue weighted by Crippen LogP contribution is -2.17. The molecule has 5 aromatic rings. The van der Waals surface area contributed by atoms with Gasteiger partial charge in [0.1, 0.15) is 23.0 Å². The number of hydrogen-bond donors (Lipinski definition) is 1. The summed E-state index contributed by atoms with van der Waals surface area (Å²) in [6.07, 6.45) is 3.29. The smallest absolute Gasteiger partial charge is 0.272 e. The van der Waals surface area contributed by atoms with Crippen LogP contribution in [-0.4, -0.2) is 25.0 Å². The SMILES string of the molecule is O=C(Nc1ccc2c(c1)nc1n2CCC1)c1cc2cc(F)cnc2n1Cc1ccccc1. The van der Waals surface area contributed by atoms with Crippen LogP contribution in [0.1, 0.15) is 28.3 Å². The molecule has 0 unspecified atom stereocenters. The van der Waals surface area contributed by atoms with Gasteiger partial charge in [0.25, 0.3) is 5.91 Å². The highest BCUT2D eigenvalue weighted by atomic mass is 19.1. The van der Waals surface area contributed by atoms with E-state index in [9.17, 15) is 9.18 Å². The molecule has 6 rings (SSSR count). The second-order valence-corrected chi connectivity index (χ2v) is 8.11. The minimum atomic E-state index is -0.431. The Morgan fingerprint density at radius 2 is 1.97 bits per heavy atom. The van der Waals surface area contributed by atoms with Crippen molar-refractivity contribution in [1.82, 2.24) is 19.1 Å². The average molecular weight is 425 g/mol. The monoisotopic (exact) mass is 425 g/mol. The summed E-state index contributed by atoms with van der Waals surface area (Å²) in [5.74, 6) is 0.393. The van der Waals surface area contributed by atoms with Crippen LogP contribution < -0.4 is 5.32 Å². The van der Waals surface area contributed by atoms with E-state index in [2.05, 4.69) is 14.9 Å². The number of pyridine rings is 1. The summed E-state index contributed by atoms with van der Waals surface area (Å²) in [4.78, 5) is 22.2. The fraction of sp³-hybridized carbons (Fsp3) is 0.160. The Morgan fingerprint density at radius 1 is 1.09 bits per heavy atom. The maximum absolute atomic E-state index is 13.8. The number of benzene rings is 2. The third-order valence-electron chi connectivity index (χ3n) is 5.98. The number of carbonyl (C=O) groups is 1. The van der Waals surface area contributed by atoms with Crippen molar-refractivity contribution in [3.8, 4) is 0 Å². The van der Waals surface area contributed by atoms with Gasteiger partial charge in [-0.15, -0.1) is 0 Å². The average Bonchev–Trinajstić information content (AvgIpc) is 3.47. The molecule has 1 amide bonds. The Labute approximate surface area is 183 Å². The fourth-order valence-electron chi connectivity index (χ4n) is 4.52. The maximum Gasteiger partial charge on any atom is 0.272 e. The summed E-state index contributed by atoms with van der Waals surface area (Å²) in [5.41, 5.74) is 4.67. The van der Waals surface area contributed by atoms with Crippen molar-refractivity contribution in [2.24, 2.45) is 0 Å². The number of aromatic nitrogens is 4. The van der Waals surface area contributed by atoms with Gasteiger partial charge in [-0.3, -0.25) is 4.79 Å². The topological polar surface area (TPSA) is 64.7 Å². The van der Waals surface area contributed by atoms with Gasteiger partial charge in [-0.25, -0.2) is 14.4 Å². The number of amides is 1. The van der Waals surface area contributed by atoms with Crippen molar-refractivity contribution in [2.75, 3.05) is 5.32 Å². The molecule has 32 heavy (non-hydrogen) atoms. The largest absolute Gasteiger partial charge is 0.328 e. The normalized spacial score (nSPS) is 13.0. The Kier molecular flexibility index (Phi) is 4.28. The molecule has 2 aromatic carbocycles. The van der Waals surface area contributed by atoms with Gasteiger partial charge in [0.2, 0.25) is 0 Å². The van der Waals surface area contributed by atoms with Crippen molar-refractivity contribution >= 4 is 33.7 Å². The number of halogens is 1. The molecule has 0 atom stereocenters. The molecular weight excluding hydrogens is 405 g/mol. The van der Waals surface area contributed by atoms with Crippen molar-refractivity contribution in [2.45, 2.75) is 25.9 Å². The minimum absolute atomic E-state index is 0.273. The van der Waals surface area contributed by atoms with E-state index in [0.29, 0.717) is 29.0 Å². The molecule has 0 spiro atoms. The molecule has 158 valence electrons. The van der Waals surface area contributed by atoms with Crippen LogP contribution in [0.5, 0.6) is 0 Å². The lowest BCUT2D eigenvalue weighted by Gasteiger charge is -2.11. The van der Waals surface area contributed by atoms with Gasteiger partial charge < -0.3 is 14.5 Å². The summed E-state index contributed by atoms with van der Waals surface area (Å²) in [5, 5.41) is 3.58. The Morgan fingerprint density at radius 3 is 2.84 bits per heavy atom. The Bertz CT molecular complexity index is 1490. The highest BCUT2D eigenvalue weighted by Gasteiger charge is 2.19. The summed E-state index contributed by atoms with van der Waals surface area (Å²) >= 11 is 0.